The molecule has 8 heteroatoms. The number of carbonyl (C=O) groups is 2. The third kappa shape index (κ3) is 5.48. The van der Waals surface area contributed by atoms with Gasteiger partial charge in [-0.05, 0) is 74.2 Å². The van der Waals surface area contributed by atoms with Crippen LogP contribution in [0.4, 0.5) is 0 Å². The van der Waals surface area contributed by atoms with Gasteiger partial charge < -0.3 is 16.0 Å². The summed E-state index contributed by atoms with van der Waals surface area (Å²) in [6, 6.07) is 12.5. The van der Waals surface area contributed by atoms with Gasteiger partial charge in [0.05, 0.1) is 5.41 Å². The molecule has 0 unspecified atom stereocenters. The Balaban J connectivity index is 1.52. The summed E-state index contributed by atoms with van der Waals surface area (Å²) in [5, 5.41) is 10.5. The summed E-state index contributed by atoms with van der Waals surface area (Å²) >= 11 is 15.9. The first kappa shape index (κ1) is 23.6. The maximum Gasteiger partial charge on any atom is 0.243 e. The zero-order valence-corrected chi connectivity index (χ0v) is 20.7. The molecule has 1 atom stereocenters. The van der Waals surface area contributed by atoms with E-state index in [4.69, 9.17) is 23.2 Å². The highest BCUT2D eigenvalue weighted by atomic mass is 79.9. The number of halogens is 3. The van der Waals surface area contributed by atoms with Crippen LogP contribution in [0.5, 0.6) is 0 Å². The quantitative estimate of drug-likeness (QED) is 0.490. The molecule has 2 aromatic carbocycles. The third-order valence-electron chi connectivity index (χ3n) is 6.29. The van der Waals surface area contributed by atoms with Crippen molar-refractivity contribution < 1.29 is 9.59 Å². The van der Waals surface area contributed by atoms with Crippen molar-refractivity contribution in [2.75, 3.05) is 13.1 Å². The van der Waals surface area contributed by atoms with Crippen LogP contribution in [0.15, 0.2) is 46.9 Å². The van der Waals surface area contributed by atoms with Crippen molar-refractivity contribution in [1.82, 2.24) is 16.0 Å². The molecule has 4 rings (SSSR count). The molecule has 1 heterocycles. The largest absolute Gasteiger partial charge is 0.351 e. The lowest BCUT2D eigenvalue weighted by molar-refractivity contribution is -0.130. The molecular formula is C24H26BrCl2N3O2. The first-order valence-electron chi connectivity index (χ1n) is 10.9. The highest BCUT2D eigenvalue weighted by Crippen LogP contribution is 2.51. The van der Waals surface area contributed by atoms with Gasteiger partial charge in [-0.15, -0.1) is 0 Å². The van der Waals surface area contributed by atoms with Crippen molar-refractivity contribution in [3.05, 3.63) is 68.1 Å². The summed E-state index contributed by atoms with van der Waals surface area (Å²) in [7, 11) is 0. The molecule has 32 heavy (non-hydrogen) atoms. The maximum atomic E-state index is 13.4. The lowest BCUT2D eigenvalue weighted by Crippen LogP contribution is -2.54. The predicted molar refractivity (Wildman–Crippen MR) is 131 cm³/mol. The average Bonchev–Trinajstić information content (AvgIpc) is 3.57. The Bertz CT molecular complexity index is 989. The number of amides is 2. The van der Waals surface area contributed by atoms with Gasteiger partial charge in [0, 0.05) is 27.0 Å². The normalized spacial score (nSPS) is 18.6. The highest BCUT2D eigenvalue weighted by Gasteiger charge is 2.53. The van der Waals surface area contributed by atoms with E-state index in [2.05, 4.69) is 31.9 Å². The number of piperidine rings is 1. The van der Waals surface area contributed by atoms with Crippen LogP contribution < -0.4 is 16.0 Å². The van der Waals surface area contributed by atoms with Gasteiger partial charge in [-0.1, -0.05) is 57.3 Å². The van der Waals surface area contributed by atoms with Gasteiger partial charge in [0.25, 0.3) is 0 Å². The van der Waals surface area contributed by atoms with Crippen molar-refractivity contribution in [2.24, 2.45) is 0 Å². The third-order valence-corrected chi connectivity index (χ3v) is 7.37. The fraction of sp³-hybridized carbons (Fsp3) is 0.417. The molecule has 5 nitrogen and oxygen atoms in total. The molecule has 170 valence electrons. The van der Waals surface area contributed by atoms with E-state index in [0.29, 0.717) is 29.3 Å². The minimum atomic E-state index is -0.700. The first-order valence-corrected chi connectivity index (χ1v) is 12.4. The molecule has 1 saturated carbocycles. The smallest absolute Gasteiger partial charge is 0.243 e. The molecule has 3 N–H and O–H groups in total. The highest BCUT2D eigenvalue weighted by molar-refractivity contribution is 9.10. The van der Waals surface area contributed by atoms with E-state index in [1.807, 2.05) is 30.3 Å². The summed E-state index contributed by atoms with van der Waals surface area (Å²) in [6.07, 6.45) is 3.58. The summed E-state index contributed by atoms with van der Waals surface area (Å²) < 4.78 is 0.968. The molecule has 0 bridgehead atoms. The van der Waals surface area contributed by atoms with E-state index in [1.165, 1.54) is 0 Å². The van der Waals surface area contributed by atoms with Crippen molar-refractivity contribution in [3.8, 4) is 0 Å². The van der Waals surface area contributed by atoms with E-state index in [0.717, 1.165) is 41.5 Å². The Hall–Kier alpha value is -1.60. The summed E-state index contributed by atoms with van der Waals surface area (Å²) in [4.78, 5) is 26.6. The van der Waals surface area contributed by atoms with Crippen molar-refractivity contribution in [1.29, 1.82) is 0 Å². The SMILES string of the molecule is O=C(NC1CCNCC1)[C@H](Cc1ccc(Br)cc1)NC(=O)C1(c2ccc(Cl)cc2Cl)CC1. The van der Waals surface area contributed by atoms with Crippen LogP contribution in [0.1, 0.15) is 36.8 Å². The molecule has 2 aromatic rings. The van der Waals surface area contributed by atoms with E-state index in [1.54, 1.807) is 12.1 Å². The Morgan fingerprint density at radius 2 is 1.78 bits per heavy atom. The zero-order valence-electron chi connectivity index (χ0n) is 17.6. The Kier molecular flexibility index (Phi) is 7.45. The Morgan fingerprint density at radius 3 is 2.41 bits per heavy atom. The standard InChI is InChI=1S/C24H26BrCl2N3O2/c25-16-3-1-15(2-4-16)13-21(22(31)29-18-7-11-28-12-8-18)30-23(32)24(9-10-24)19-6-5-17(26)14-20(19)27/h1-6,14,18,21,28H,7-13H2,(H,29,31)(H,30,32)/t21-/m0/s1. The van der Waals surface area contributed by atoms with Gasteiger partial charge >= 0.3 is 0 Å². The lowest BCUT2D eigenvalue weighted by atomic mass is 9.93. The number of rotatable bonds is 7. The molecule has 0 radical (unpaired) electrons. The van der Waals surface area contributed by atoms with Crippen LogP contribution in [0.25, 0.3) is 0 Å². The fourth-order valence-electron chi connectivity index (χ4n) is 4.25. The number of benzene rings is 2. The Morgan fingerprint density at radius 1 is 1.09 bits per heavy atom. The minimum absolute atomic E-state index is 0.119. The van der Waals surface area contributed by atoms with E-state index in [9.17, 15) is 9.59 Å². The van der Waals surface area contributed by atoms with Gasteiger partial charge in [0.1, 0.15) is 6.04 Å². The van der Waals surface area contributed by atoms with Crippen LogP contribution in [-0.4, -0.2) is 37.0 Å². The molecule has 0 aromatic heterocycles. The van der Waals surface area contributed by atoms with Gasteiger partial charge in [0.2, 0.25) is 11.8 Å². The average molecular weight is 539 g/mol. The molecule has 0 spiro atoms. The van der Waals surface area contributed by atoms with E-state index in [-0.39, 0.29) is 17.9 Å². The van der Waals surface area contributed by atoms with Crippen molar-refractivity contribution in [3.63, 3.8) is 0 Å². The summed E-state index contributed by atoms with van der Waals surface area (Å²) in [6.45, 7) is 1.76. The molecule has 2 fully saturated rings. The molecular weight excluding hydrogens is 513 g/mol. The topological polar surface area (TPSA) is 70.2 Å². The second kappa shape index (κ2) is 10.1. The first-order chi connectivity index (χ1) is 15.4. The van der Waals surface area contributed by atoms with Crippen molar-refractivity contribution >= 4 is 50.9 Å². The lowest BCUT2D eigenvalue weighted by Gasteiger charge is -2.28. The van der Waals surface area contributed by atoms with Crippen LogP contribution >= 0.6 is 39.1 Å². The van der Waals surface area contributed by atoms with Gasteiger partial charge in [-0.3, -0.25) is 9.59 Å². The molecule has 2 amide bonds. The molecule has 1 aliphatic carbocycles. The minimum Gasteiger partial charge on any atom is -0.351 e. The zero-order chi connectivity index (χ0) is 22.7. The second-order valence-electron chi connectivity index (χ2n) is 8.60. The van der Waals surface area contributed by atoms with Gasteiger partial charge in [-0.25, -0.2) is 0 Å². The predicted octanol–water partition coefficient (Wildman–Crippen LogP) is 4.38. The van der Waals surface area contributed by atoms with Gasteiger partial charge in [0.15, 0.2) is 0 Å². The van der Waals surface area contributed by atoms with Gasteiger partial charge in [-0.2, -0.15) is 0 Å². The molecule has 2 aliphatic rings. The maximum absolute atomic E-state index is 13.4. The summed E-state index contributed by atoms with van der Waals surface area (Å²) in [5.41, 5.74) is 1.05. The monoisotopic (exact) mass is 537 g/mol. The molecule has 1 saturated heterocycles. The van der Waals surface area contributed by atoms with Crippen LogP contribution in [0.2, 0.25) is 10.0 Å². The number of hydrogen-bond donors (Lipinski definition) is 3. The number of carbonyl (C=O) groups excluding carboxylic acids is 2. The van der Waals surface area contributed by atoms with Crippen LogP contribution in [-0.2, 0) is 21.4 Å². The fourth-order valence-corrected chi connectivity index (χ4v) is 5.10. The Labute approximate surface area is 206 Å². The molecule has 1 aliphatic heterocycles. The van der Waals surface area contributed by atoms with E-state index < -0.39 is 11.5 Å². The van der Waals surface area contributed by atoms with Crippen molar-refractivity contribution in [2.45, 2.75) is 49.6 Å². The number of hydrogen-bond acceptors (Lipinski definition) is 3. The second-order valence-corrected chi connectivity index (χ2v) is 10.4. The van der Waals surface area contributed by atoms with E-state index >= 15 is 0 Å². The summed E-state index contributed by atoms with van der Waals surface area (Å²) in [5.74, 6) is -0.310. The van der Waals surface area contributed by atoms with Crippen LogP contribution in [0, 0.1) is 0 Å². The van der Waals surface area contributed by atoms with Crippen LogP contribution in [0.3, 0.4) is 0 Å². The number of nitrogens with one attached hydrogen (secondary N) is 3.